The van der Waals surface area contributed by atoms with Crippen LogP contribution in [0.3, 0.4) is 0 Å². The molecule has 0 aliphatic carbocycles. The predicted octanol–water partition coefficient (Wildman–Crippen LogP) is 0.211. The molecule has 0 spiro atoms. The molecule has 0 radical (unpaired) electrons. The van der Waals surface area contributed by atoms with Gasteiger partial charge < -0.3 is 24.6 Å². The van der Waals surface area contributed by atoms with Crippen LogP contribution in [-0.2, 0) is 16.0 Å². The molecule has 8 heteroatoms. The molecular formula is C16H25N3O5. The number of aromatic nitrogens is 1. The number of methoxy groups -OCH3 is 1. The van der Waals surface area contributed by atoms with Crippen LogP contribution in [0.2, 0.25) is 0 Å². The molecule has 1 aliphatic heterocycles. The number of hydrogen-bond acceptors (Lipinski definition) is 6. The van der Waals surface area contributed by atoms with E-state index in [-0.39, 0.29) is 24.8 Å². The van der Waals surface area contributed by atoms with Crippen LogP contribution in [0.25, 0.3) is 0 Å². The first-order valence-corrected chi connectivity index (χ1v) is 8.12. The largest absolute Gasteiger partial charge is 0.389 e. The molecule has 0 unspecified atom stereocenters. The highest BCUT2D eigenvalue weighted by Gasteiger charge is 2.31. The van der Waals surface area contributed by atoms with Crippen LogP contribution in [0.1, 0.15) is 36.5 Å². The SMILES string of the molecule is COCC(=O)N1CC[C@@H](NC(=O)c2cc(CC(C)C)no2)[C@H](O)C1. The van der Waals surface area contributed by atoms with Gasteiger partial charge in [0, 0.05) is 26.3 Å². The second kappa shape index (κ2) is 8.25. The van der Waals surface area contributed by atoms with E-state index in [0.29, 0.717) is 18.9 Å². The highest BCUT2D eigenvalue weighted by Crippen LogP contribution is 2.14. The third kappa shape index (κ3) is 4.78. The van der Waals surface area contributed by atoms with Crippen molar-refractivity contribution in [2.45, 2.75) is 38.8 Å². The molecule has 2 rings (SSSR count). The number of β-amino-alcohol motifs (C(OH)–C–C–N with tert-alkyl or cyclic N) is 1. The third-order valence-electron chi connectivity index (χ3n) is 3.92. The molecule has 1 aliphatic rings. The lowest BCUT2D eigenvalue weighted by Gasteiger charge is -2.36. The summed E-state index contributed by atoms with van der Waals surface area (Å²) < 4.78 is 9.88. The first-order chi connectivity index (χ1) is 11.4. The smallest absolute Gasteiger partial charge is 0.290 e. The number of carbonyl (C=O) groups is 2. The zero-order valence-electron chi connectivity index (χ0n) is 14.3. The van der Waals surface area contributed by atoms with Crippen LogP contribution in [0, 0.1) is 5.92 Å². The fourth-order valence-corrected chi connectivity index (χ4v) is 2.71. The van der Waals surface area contributed by atoms with Crippen LogP contribution in [0.15, 0.2) is 10.6 Å². The summed E-state index contributed by atoms with van der Waals surface area (Å²) in [5, 5.41) is 16.8. The minimum atomic E-state index is -0.832. The second-order valence-electron chi connectivity index (χ2n) is 6.49. The lowest BCUT2D eigenvalue weighted by atomic mass is 10.0. The molecule has 1 fully saturated rings. The minimum Gasteiger partial charge on any atom is -0.389 e. The number of hydrogen-bond donors (Lipinski definition) is 2. The summed E-state index contributed by atoms with van der Waals surface area (Å²) in [5.41, 5.74) is 0.732. The van der Waals surface area contributed by atoms with Gasteiger partial charge in [-0.2, -0.15) is 0 Å². The fraction of sp³-hybridized carbons (Fsp3) is 0.688. The quantitative estimate of drug-likeness (QED) is 0.768. The maximum Gasteiger partial charge on any atom is 0.290 e. The van der Waals surface area contributed by atoms with Crippen LogP contribution in [-0.4, -0.2) is 65.9 Å². The second-order valence-corrected chi connectivity index (χ2v) is 6.49. The molecule has 0 saturated carbocycles. The molecular weight excluding hydrogens is 314 g/mol. The van der Waals surface area contributed by atoms with Gasteiger partial charge in [-0.15, -0.1) is 0 Å². The molecule has 1 saturated heterocycles. The van der Waals surface area contributed by atoms with Gasteiger partial charge in [0.1, 0.15) is 6.61 Å². The van der Waals surface area contributed by atoms with E-state index in [9.17, 15) is 14.7 Å². The van der Waals surface area contributed by atoms with Crippen molar-refractivity contribution in [3.63, 3.8) is 0 Å². The van der Waals surface area contributed by atoms with Gasteiger partial charge in [-0.1, -0.05) is 19.0 Å². The number of carbonyl (C=O) groups excluding carboxylic acids is 2. The first-order valence-electron chi connectivity index (χ1n) is 8.12. The lowest BCUT2D eigenvalue weighted by molar-refractivity contribution is -0.138. The molecule has 2 atom stereocenters. The zero-order valence-corrected chi connectivity index (χ0v) is 14.3. The molecule has 134 valence electrons. The fourth-order valence-electron chi connectivity index (χ4n) is 2.71. The van der Waals surface area contributed by atoms with E-state index in [1.165, 1.54) is 12.0 Å². The van der Waals surface area contributed by atoms with Gasteiger partial charge in [-0.05, 0) is 18.8 Å². The number of ether oxygens (including phenoxy) is 1. The summed E-state index contributed by atoms with van der Waals surface area (Å²) in [6, 6.07) is 1.20. The number of rotatable bonds is 6. The van der Waals surface area contributed by atoms with Crippen molar-refractivity contribution >= 4 is 11.8 Å². The maximum atomic E-state index is 12.2. The molecule has 8 nitrogen and oxygen atoms in total. The number of aliphatic hydroxyl groups is 1. The highest BCUT2D eigenvalue weighted by atomic mass is 16.5. The van der Waals surface area contributed by atoms with Gasteiger partial charge in [-0.3, -0.25) is 9.59 Å². The van der Waals surface area contributed by atoms with Gasteiger partial charge in [0.2, 0.25) is 11.7 Å². The summed E-state index contributed by atoms with van der Waals surface area (Å²) in [6.07, 6.45) is 0.371. The lowest BCUT2D eigenvalue weighted by Crippen LogP contribution is -2.55. The minimum absolute atomic E-state index is 0.0135. The summed E-state index contributed by atoms with van der Waals surface area (Å²) in [4.78, 5) is 25.5. The average Bonchev–Trinajstić information content (AvgIpc) is 2.97. The summed E-state index contributed by atoms with van der Waals surface area (Å²) in [5.74, 6) is -0.0225. The number of amides is 2. The molecule has 24 heavy (non-hydrogen) atoms. The van der Waals surface area contributed by atoms with Crippen LogP contribution >= 0.6 is 0 Å². The summed E-state index contributed by atoms with van der Waals surface area (Å²) in [7, 11) is 1.45. The predicted molar refractivity (Wildman–Crippen MR) is 85.4 cm³/mol. The Morgan fingerprint density at radius 3 is 2.92 bits per heavy atom. The van der Waals surface area contributed by atoms with Crippen LogP contribution < -0.4 is 5.32 Å². The van der Waals surface area contributed by atoms with E-state index >= 15 is 0 Å². The monoisotopic (exact) mass is 339 g/mol. The van der Waals surface area contributed by atoms with E-state index in [1.807, 2.05) is 0 Å². The Morgan fingerprint density at radius 2 is 2.29 bits per heavy atom. The maximum absolute atomic E-state index is 12.2. The summed E-state index contributed by atoms with van der Waals surface area (Å²) >= 11 is 0. The van der Waals surface area contributed by atoms with Gasteiger partial charge in [0.25, 0.3) is 5.91 Å². The Hall–Kier alpha value is -1.93. The van der Waals surface area contributed by atoms with Crippen molar-refractivity contribution in [1.29, 1.82) is 0 Å². The Labute approximate surface area is 141 Å². The first kappa shape index (κ1) is 18.4. The number of likely N-dealkylation sites (tertiary alicyclic amines) is 1. The number of aliphatic hydroxyl groups excluding tert-OH is 1. The van der Waals surface area contributed by atoms with Crippen molar-refractivity contribution < 1.29 is 24.0 Å². The van der Waals surface area contributed by atoms with Crippen molar-refractivity contribution in [2.24, 2.45) is 5.92 Å². The van der Waals surface area contributed by atoms with E-state index in [0.717, 1.165) is 12.1 Å². The average molecular weight is 339 g/mol. The standard InChI is InChI=1S/C16H25N3O5/c1-10(2)6-11-7-14(24-18-11)16(22)17-12-4-5-19(8-13(12)20)15(21)9-23-3/h7,10,12-13,20H,4-6,8-9H2,1-3H3,(H,17,22)/t12-,13-/m1/s1. The third-order valence-corrected chi connectivity index (χ3v) is 3.92. The molecule has 2 amide bonds. The summed E-state index contributed by atoms with van der Waals surface area (Å²) in [6.45, 7) is 4.73. The molecule has 1 aromatic rings. The van der Waals surface area contributed by atoms with E-state index in [1.54, 1.807) is 6.07 Å². The number of piperidine rings is 1. The Kier molecular flexibility index (Phi) is 6.33. The molecule has 2 N–H and O–H groups in total. The van der Waals surface area contributed by atoms with Crippen LogP contribution in [0.4, 0.5) is 0 Å². The number of nitrogens with one attached hydrogen (secondary N) is 1. The zero-order chi connectivity index (χ0) is 17.7. The van der Waals surface area contributed by atoms with Crippen molar-refractivity contribution in [3.05, 3.63) is 17.5 Å². The van der Waals surface area contributed by atoms with Gasteiger partial charge in [-0.25, -0.2) is 0 Å². The molecule has 0 aromatic carbocycles. The van der Waals surface area contributed by atoms with Gasteiger partial charge >= 0.3 is 0 Å². The van der Waals surface area contributed by atoms with E-state index < -0.39 is 18.1 Å². The van der Waals surface area contributed by atoms with E-state index in [2.05, 4.69) is 24.3 Å². The highest BCUT2D eigenvalue weighted by molar-refractivity contribution is 5.91. The van der Waals surface area contributed by atoms with E-state index in [4.69, 9.17) is 9.26 Å². The molecule has 2 heterocycles. The molecule has 1 aromatic heterocycles. The normalized spacial score (nSPS) is 21.1. The van der Waals surface area contributed by atoms with Crippen molar-refractivity contribution in [3.8, 4) is 0 Å². The Bertz CT molecular complexity index is 572. The van der Waals surface area contributed by atoms with Crippen LogP contribution in [0.5, 0.6) is 0 Å². The number of nitrogens with zero attached hydrogens (tertiary/aromatic N) is 2. The van der Waals surface area contributed by atoms with Gasteiger partial charge in [0.05, 0.1) is 17.8 Å². The Morgan fingerprint density at radius 1 is 1.54 bits per heavy atom. The van der Waals surface area contributed by atoms with Crippen molar-refractivity contribution in [2.75, 3.05) is 26.8 Å². The van der Waals surface area contributed by atoms with Crippen molar-refractivity contribution in [1.82, 2.24) is 15.4 Å². The topological polar surface area (TPSA) is 105 Å². The Balaban J connectivity index is 1.88. The van der Waals surface area contributed by atoms with Gasteiger partial charge in [0.15, 0.2) is 0 Å². The molecule has 0 bridgehead atoms.